The van der Waals surface area contributed by atoms with Crippen LogP contribution in [0.1, 0.15) is 59.8 Å². The number of carbonyl (C=O) groups is 1. The second-order valence-electron chi connectivity index (χ2n) is 4.76. The number of hydrogen-bond donors (Lipinski definition) is 0. The van der Waals surface area contributed by atoms with Gasteiger partial charge in [0.2, 0.25) is 5.91 Å². The first kappa shape index (κ1) is 17.4. The van der Waals surface area contributed by atoms with Crippen molar-refractivity contribution in [3.63, 3.8) is 0 Å². The predicted molar refractivity (Wildman–Crippen MR) is 78.8 cm³/mol. The fourth-order valence-electron chi connectivity index (χ4n) is 2.23. The molecule has 1 aliphatic rings. The molecule has 1 aliphatic heterocycles. The fraction of sp³-hybridized carbons (Fsp3) is 0.933. The second-order valence-corrected chi connectivity index (χ2v) is 4.76. The van der Waals surface area contributed by atoms with E-state index < -0.39 is 0 Å². The molecule has 0 aliphatic carbocycles. The maximum Gasteiger partial charge on any atom is 0.219 e. The van der Waals surface area contributed by atoms with Crippen molar-refractivity contribution >= 4 is 5.91 Å². The van der Waals surface area contributed by atoms with Crippen molar-refractivity contribution in [2.45, 2.75) is 59.8 Å². The molecule has 0 unspecified atom stereocenters. The van der Waals surface area contributed by atoms with E-state index in [-0.39, 0.29) is 5.91 Å². The van der Waals surface area contributed by atoms with Gasteiger partial charge < -0.3 is 4.90 Å². The third-order valence-electron chi connectivity index (χ3n) is 3.40. The molecule has 0 aromatic heterocycles. The van der Waals surface area contributed by atoms with Gasteiger partial charge in [-0.1, -0.05) is 46.5 Å². The van der Waals surface area contributed by atoms with E-state index in [2.05, 4.69) is 11.8 Å². The molecule has 3 nitrogen and oxygen atoms in total. The van der Waals surface area contributed by atoms with Crippen molar-refractivity contribution in [2.24, 2.45) is 0 Å². The van der Waals surface area contributed by atoms with Crippen LogP contribution in [0.5, 0.6) is 0 Å². The van der Waals surface area contributed by atoms with E-state index in [0.717, 1.165) is 26.2 Å². The maximum absolute atomic E-state index is 11.1. The van der Waals surface area contributed by atoms with Gasteiger partial charge in [-0.3, -0.25) is 9.69 Å². The molecule has 0 radical (unpaired) electrons. The molecule has 0 N–H and O–H groups in total. The lowest BCUT2D eigenvalue weighted by atomic mass is 10.1. The number of unbranched alkanes of at least 4 members (excludes halogenated alkanes) is 4. The summed E-state index contributed by atoms with van der Waals surface area (Å²) in [6.45, 7) is 13.1. The van der Waals surface area contributed by atoms with E-state index in [1.54, 1.807) is 6.92 Å². The number of nitrogens with zero attached hydrogens (tertiary/aromatic N) is 2. The molecule has 1 amide bonds. The number of hydrogen-bond acceptors (Lipinski definition) is 2. The Balaban J connectivity index is 0.00000137. The molecule has 0 bridgehead atoms. The van der Waals surface area contributed by atoms with Gasteiger partial charge in [-0.05, 0) is 13.0 Å². The highest BCUT2D eigenvalue weighted by Crippen LogP contribution is 2.06. The Kier molecular flexibility index (Phi) is 11.2. The molecular weight excluding hydrogens is 224 g/mol. The zero-order valence-electron chi connectivity index (χ0n) is 12.9. The van der Waals surface area contributed by atoms with Crippen LogP contribution in [0.25, 0.3) is 0 Å². The highest BCUT2D eigenvalue weighted by atomic mass is 16.2. The highest BCUT2D eigenvalue weighted by molar-refractivity contribution is 5.73. The minimum atomic E-state index is 0.225. The molecule has 3 heteroatoms. The van der Waals surface area contributed by atoms with Crippen LogP contribution in [0.2, 0.25) is 0 Å². The minimum absolute atomic E-state index is 0.225. The molecule has 0 atom stereocenters. The number of amides is 1. The molecule has 0 saturated carbocycles. The number of carbonyl (C=O) groups excluding carboxylic acids is 1. The zero-order chi connectivity index (χ0) is 13.8. The van der Waals surface area contributed by atoms with Crippen molar-refractivity contribution in [3.8, 4) is 0 Å². The van der Waals surface area contributed by atoms with E-state index in [4.69, 9.17) is 0 Å². The molecule has 1 saturated heterocycles. The number of piperazine rings is 1. The molecule has 0 spiro atoms. The molecule has 1 fully saturated rings. The first-order valence-corrected chi connectivity index (χ1v) is 7.72. The van der Waals surface area contributed by atoms with Gasteiger partial charge in [0.1, 0.15) is 0 Å². The maximum atomic E-state index is 11.1. The van der Waals surface area contributed by atoms with E-state index in [9.17, 15) is 4.79 Å². The summed E-state index contributed by atoms with van der Waals surface area (Å²) in [5.41, 5.74) is 0. The molecule has 18 heavy (non-hydrogen) atoms. The van der Waals surface area contributed by atoms with Crippen LogP contribution < -0.4 is 0 Å². The van der Waals surface area contributed by atoms with Gasteiger partial charge in [-0.25, -0.2) is 0 Å². The molecule has 1 heterocycles. The molecule has 0 aromatic rings. The minimum Gasteiger partial charge on any atom is -0.340 e. The van der Waals surface area contributed by atoms with E-state index in [1.165, 1.54) is 38.6 Å². The Morgan fingerprint density at radius 2 is 1.50 bits per heavy atom. The summed E-state index contributed by atoms with van der Waals surface area (Å²) in [6, 6.07) is 0. The smallest absolute Gasteiger partial charge is 0.219 e. The van der Waals surface area contributed by atoms with E-state index >= 15 is 0 Å². The third-order valence-corrected chi connectivity index (χ3v) is 3.40. The van der Waals surface area contributed by atoms with Crippen LogP contribution in [-0.4, -0.2) is 48.4 Å². The molecular formula is C15H32N2O. The van der Waals surface area contributed by atoms with Gasteiger partial charge in [0.25, 0.3) is 0 Å². The Hall–Kier alpha value is -0.570. The first-order valence-electron chi connectivity index (χ1n) is 7.72. The van der Waals surface area contributed by atoms with Crippen molar-refractivity contribution < 1.29 is 4.79 Å². The van der Waals surface area contributed by atoms with Gasteiger partial charge in [-0.2, -0.15) is 0 Å². The van der Waals surface area contributed by atoms with Crippen LogP contribution >= 0.6 is 0 Å². The zero-order valence-corrected chi connectivity index (χ0v) is 12.9. The summed E-state index contributed by atoms with van der Waals surface area (Å²) >= 11 is 0. The topological polar surface area (TPSA) is 23.6 Å². The van der Waals surface area contributed by atoms with Gasteiger partial charge in [-0.15, -0.1) is 0 Å². The lowest BCUT2D eigenvalue weighted by Crippen LogP contribution is -2.48. The van der Waals surface area contributed by atoms with Crippen LogP contribution in [0.4, 0.5) is 0 Å². The van der Waals surface area contributed by atoms with Gasteiger partial charge in [0.05, 0.1) is 0 Å². The fourth-order valence-corrected chi connectivity index (χ4v) is 2.23. The third kappa shape index (κ3) is 7.70. The van der Waals surface area contributed by atoms with Gasteiger partial charge in [0, 0.05) is 33.1 Å². The van der Waals surface area contributed by atoms with Crippen molar-refractivity contribution in [2.75, 3.05) is 32.7 Å². The standard InChI is InChI=1S/C13H26N2O.C2H6/c1-3-4-5-6-7-8-14-9-11-15(12-10-14)13(2)16;1-2/h3-12H2,1-2H3;1-2H3. The Morgan fingerprint density at radius 1 is 0.944 bits per heavy atom. The van der Waals surface area contributed by atoms with Crippen LogP contribution in [0, 0.1) is 0 Å². The van der Waals surface area contributed by atoms with Crippen molar-refractivity contribution in [1.29, 1.82) is 0 Å². The Bertz CT molecular complexity index is 199. The summed E-state index contributed by atoms with van der Waals surface area (Å²) in [5, 5.41) is 0. The van der Waals surface area contributed by atoms with Crippen molar-refractivity contribution in [1.82, 2.24) is 9.80 Å². The summed E-state index contributed by atoms with van der Waals surface area (Å²) in [6.07, 6.45) is 6.75. The highest BCUT2D eigenvalue weighted by Gasteiger charge is 2.17. The quantitative estimate of drug-likeness (QED) is 0.682. The van der Waals surface area contributed by atoms with Crippen LogP contribution in [0.15, 0.2) is 0 Å². The van der Waals surface area contributed by atoms with Crippen molar-refractivity contribution in [3.05, 3.63) is 0 Å². The van der Waals surface area contributed by atoms with Gasteiger partial charge in [0.15, 0.2) is 0 Å². The second kappa shape index (κ2) is 11.5. The predicted octanol–water partition coefficient (Wildman–Crippen LogP) is 3.15. The summed E-state index contributed by atoms with van der Waals surface area (Å²) in [4.78, 5) is 15.6. The first-order chi connectivity index (χ1) is 8.74. The van der Waals surface area contributed by atoms with E-state index in [1.807, 2.05) is 18.7 Å². The van der Waals surface area contributed by atoms with Gasteiger partial charge >= 0.3 is 0 Å². The summed E-state index contributed by atoms with van der Waals surface area (Å²) in [5.74, 6) is 0.225. The molecule has 0 aromatic carbocycles. The average molecular weight is 256 g/mol. The summed E-state index contributed by atoms with van der Waals surface area (Å²) in [7, 11) is 0. The summed E-state index contributed by atoms with van der Waals surface area (Å²) < 4.78 is 0. The average Bonchev–Trinajstić information content (AvgIpc) is 2.41. The SMILES string of the molecule is CC.CCCCCCCN1CCN(C(C)=O)CC1. The molecule has 108 valence electrons. The Morgan fingerprint density at radius 3 is 2.00 bits per heavy atom. The lowest BCUT2D eigenvalue weighted by molar-refractivity contribution is -0.130. The van der Waals surface area contributed by atoms with E-state index in [0.29, 0.717) is 0 Å². The molecule has 1 rings (SSSR count). The monoisotopic (exact) mass is 256 g/mol. The largest absolute Gasteiger partial charge is 0.340 e. The Labute approximate surface area is 114 Å². The lowest BCUT2D eigenvalue weighted by Gasteiger charge is -2.34. The van der Waals surface area contributed by atoms with Crippen LogP contribution in [-0.2, 0) is 4.79 Å². The normalized spacial score (nSPS) is 16.1. The van der Waals surface area contributed by atoms with Crippen LogP contribution in [0.3, 0.4) is 0 Å². The number of rotatable bonds is 6.